The Labute approximate surface area is 205 Å². The summed E-state index contributed by atoms with van der Waals surface area (Å²) in [7, 11) is 0. The molecule has 0 bridgehead atoms. The molecule has 180 valence electrons. The normalized spacial score (nSPS) is 18.8. The van der Waals surface area contributed by atoms with Crippen LogP contribution in [0.3, 0.4) is 0 Å². The molecule has 1 spiro atoms. The number of H-pyrrole nitrogens is 1. The van der Waals surface area contributed by atoms with Crippen molar-refractivity contribution >= 4 is 16.9 Å². The first kappa shape index (κ1) is 22.2. The fourth-order valence-electron chi connectivity index (χ4n) is 5.13. The molecule has 0 aliphatic carbocycles. The summed E-state index contributed by atoms with van der Waals surface area (Å²) in [4.78, 5) is 14.9. The topological polar surface area (TPSA) is 75.3 Å². The van der Waals surface area contributed by atoms with Crippen LogP contribution in [-0.4, -0.2) is 51.9 Å². The van der Waals surface area contributed by atoms with Crippen LogP contribution in [0.1, 0.15) is 36.9 Å². The minimum absolute atomic E-state index is 0.142. The molecule has 2 aromatic heterocycles. The van der Waals surface area contributed by atoms with E-state index in [2.05, 4.69) is 86.7 Å². The Morgan fingerprint density at radius 3 is 2.49 bits per heavy atom. The van der Waals surface area contributed by atoms with Crippen molar-refractivity contribution < 1.29 is 9.47 Å². The summed E-state index contributed by atoms with van der Waals surface area (Å²) >= 11 is 0. The molecule has 2 aliphatic rings. The van der Waals surface area contributed by atoms with Crippen LogP contribution in [0.4, 0.5) is 5.82 Å². The minimum atomic E-state index is -0.314. The SMILES string of the molecule is CC(Nc1ncnc2[nH]c(-c3ccc(CN4CCC5(CC4)OCCO5)cc3)cc12)c1ccccc1. The number of aromatic nitrogens is 3. The highest BCUT2D eigenvalue weighted by Crippen LogP contribution is 2.32. The van der Waals surface area contributed by atoms with Crippen molar-refractivity contribution in [2.75, 3.05) is 31.6 Å². The smallest absolute Gasteiger partial charge is 0.170 e. The fraction of sp³-hybridized carbons (Fsp3) is 0.357. The molecule has 7 nitrogen and oxygen atoms in total. The van der Waals surface area contributed by atoms with Gasteiger partial charge in [0.05, 0.1) is 18.6 Å². The highest BCUT2D eigenvalue weighted by Gasteiger charge is 2.39. The minimum Gasteiger partial charge on any atom is -0.363 e. The van der Waals surface area contributed by atoms with Crippen LogP contribution in [-0.2, 0) is 16.0 Å². The number of nitrogens with zero attached hydrogens (tertiary/aromatic N) is 3. The molecule has 2 aromatic carbocycles. The van der Waals surface area contributed by atoms with Gasteiger partial charge in [-0.25, -0.2) is 9.97 Å². The Morgan fingerprint density at radius 2 is 1.74 bits per heavy atom. The molecule has 7 heteroatoms. The maximum absolute atomic E-state index is 5.86. The number of ether oxygens (including phenoxy) is 2. The number of anilines is 1. The molecule has 0 saturated carbocycles. The Hall–Kier alpha value is -3.26. The van der Waals surface area contributed by atoms with Gasteiger partial charge in [0.1, 0.15) is 17.8 Å². The van der Waals surface area contributed by atoms with Crippen LogP contribution in [0, 0.1) is 0 Å². The van der Waals surface area contributed by atoms with E-state index in [0.717, 1.165) is 73.8 Å². The van der Waals surface area contributed by atoms with Gasteiger partial charge in [0, 0.05) is 44.2 Å². The van der Waals surface area contributed by atoms with Crippen molar-refractivity contribution in [3.8, 4) is 11.3 Å². The van der Waals surface area contributed by atoms with Gasteiger partial charge in [0.25, 0.3) is 0 Å². The van der Waals surface area contributed by atoms with E-state index in [1.807, 2.05) is 6.07 Å². The van der Waals surface area contributed by atoms with Crippen molar-refractivity contribution in [1.82, 2.24) is 19.9 Å². The first-order chi connectivity index (χ1) is 17.2. The standard InChI is InChI=1S/C28H31N5O2/c1-20(22-5-3-2-4-6-22)31-26-24-17-25(32-27(24)30-19-29-26)23-9-7-21(8-10-23)18-33-13-11-28(12-14-33)34-15-16-35-28/h2-10,17,19-20H,11-16,18H2,1H3,(H2,29,30,31,32). The molecular weight excluding hydrogens is 438 g/mol. The predicted octanol–water partition coefficient (Wildman–Crippen LogP) is 5.14. The Bertz CT molecular complexity index is 1270. The van der Waals surface area contributed by atoms with Gasteiger partial charge in [-0.15, -0.1) is 0 Å². The lowest BCUT2D eigenvalue weighted by atomic mass is 10.0. The van der Waals surface area contributed by atoms with E-state index in [0.29, 0.717) is 0 Å². The van der Waals surface area contributed by atoms with Crippen molar-refractivity contribution in [1.29, 1.82) is 0 Å². The number of hydrogen-bond acceptors (Lipinski definition) is 6. The van der Waals surface area contributed by atoms with Crippen molar-refractivity contribution in [2.24, 2.45) is 0 Å². The van der Waals surface area contributed by atoms with Gasteiger partial charge in [0.2, 0.25) is 0 Å². The zero-order chi connectivity index (χ0) is 23.7. The first-order valence-electron chi connectivity index (χ1n) is 12.4. The van der Waals surface area contributed by atoms with E-state index in [4.69, 9.17) is 9.47 Å². The number of fused-ring (bicyclic) bond motifs is 1. The van der Waals surface area contributed by atoms with Crippen LogP contribution in [0.5, 0.6) is 0 Å². The van der Waals surface area contributed by atoms with E-state index < -0.39 is 0 Å². The third-order valence-electron chi connectivity index (χ3n) is 7.18. The highest BCUT2D eigenvalue weighted by molar-refractivity contribution is 5.91. The molecule has 1 atom stereocenters. The summed E-state index contributed by atoms with van der Waals surface area (Å²) in [5.74, 6) is 0.523. The second kappa shape index (κ2) is 9.41. The van der Waals surface area contributed by atoms with Crippen LogP contribution in [0.25, 0.3) is 22.3 Å². The number of likely N-dealkylation sites (tertiary alicyclic amines) is 1. The number of aromatic amines is 1. The summed E-state index contributed by atoms with van der Waals surface area (Å²) in [6.07, 6.45) is 3.50. The third-order valence-corrected chi connectivity index (χ3v) is 7.18. The van der Waals surface area contributed by atoms with Crippen molar-refractivity contribution in [3.63, 3.8) is 0 Å². The van der Waals surface area contributed by atoms with Gasteiger partial charge in [0.15, 0.2) is 5.79 Å². The molecule has 0 radical (unpaired) electrons. The molecule has 0 amide bonds. The van der Waals surface area contributed by atoms with Gasteiger partial charge < -0.3 is 19.8 Å². The molecule has 2 N–H and O–H groups in total. The van der Waals surface area contributed by atoms with Gasteiger partial charge in [-0.2, -0.15) is 0 Å². The summed E-state index contributed by atoms with van der Waals surface area (Å²) in [5.41, 5.74) is 5.54. The van der Waals surface area contributed by atoms with E-state index in [-0.39, 0.29) is 11.8 Å². The largest absolute Gasteiger partial charge is 0.363 e. The predicted molar refractivity (Wildman–Crippen MR) is 137 cm³/mol. The lowest BCUT2D eigenvalue weighted by molar-refractivity contribution is -0.185. The second-order valence-electron chi connectivity index (χ2n) is 9.52. The lowest BCUT2D eigenvalue weighted by Gasteiger charge is -2.37. The van der Waals surface area contributed by atoms with Gasteiger partial charge in [-0.05, 0) is 29.7 Å². The Morgan fingerprint density at radius 1 is 1.00 bits per heavy atom. The summed E-state index contributed by atoms with van der Waals surface area (Å²) < 4.78 is 11.7. The molecule has 4 aromatic rings. The van der Waals surface area contributed by atoms with E-state index in [1.165, 1.54) is 11.1 Å². The molecule has 6 rings (SSSR count). The zero-order valence-corrected chi connectivity index (χ0v) is 20.0. The molecule has 2 fully saturated rings. The third kappa shape index (κ3) is 4.67. The van der Waals surface area contributed by atoms with Crippen molar-refractivity contribution in [3.05, 3.63) is 78.1 Å². The lowest BCUT2D eigenvalue weighted by Crippen LogP contribution is -2.44. The number of piperidine rings is 1. The maximum Gasteiger partial charge on any atom is 0.170 e. The fourth-order valence-corrected chi connectivity index (χ4v) is 5.13. The van der Waals surface area contributed by atoms with Gasteiger partial charge >= 0.3 is 0 Å². The number of nitrogens with one attached hydrogen (secondary N) is 2. The molecular formula is C28H31N5O2. The van der Waals surface area contributed by atoms with Crippen LogP contribution in [0.2, 0.25) is 0 Å². The average Bonchev–Trinajstić information content (AvgIpc) is 3.55. The first-order valence-corrected chi connectivity index (χ1v) is 12.4. The number of benzene rings is 2. The van der Waals surface area contributed by atoms with Gasteiger partial charge in [-0.1, -0.05) is 54.6 Å². The summed E-state index contributed by atoms with van der Waals surface area (Å²) in [5, 5.41) is 4.54. The van der Waals surface area contributed by atoms with Crippen LogP contribution in [0.15, 0.2) is 67.0 Å². The molecule has 2 aliphatic heterocycles. The molecule has 35 heavy (non-hydrogen) atoms. The quantitative estimate of drug-likeness (QED) is 0.407. The Balaban J connectivity index is 1.14. The average molecular weight is 470 g/mol. The van der Waals surface area contributed by atoms with E-state index in [9.17, 15) is 0 Å². The zero-order valence-electron chi connectivity index (χ0n) is 20.0. The number of rotatable bonds is 6. The molecule has 1 unspecified atom stereocenters. The highest BCUT2D eigenvalue weighted by atomic mass is 16.7. The maximum atomic E-state index is 5.86. The molecule has 2 saturated heterocycles. The summed E-state index contributed by atoms with van der Waals surface area (Å²) in [6, 6.07) is 21.5. The van der Waals surface area contributed by atoms with Crippen LogP contribution < -0.4 is 5.32 Å². The van der Waals surface area contributed by atoms with E-state index >= 15 is 0 Å². The second-order valence-corrected chi connectivity index (χ2v) is 9.52. The monoisotopic (exact) mass is 469 g/mol. The van der Waals surface area contributed by atoms with Gasteiger partial charge in [-0.3, -0.25) is 4.90 Å². The number of hydrogen-bond donors (Lipinski definition) is 2. The van der Waals surface area contributed by atoms with Crippen molar-refractivity contribution in [2.45, 2.75) is 38.1 Å². The van der Waals surface area contributed by atoms with E-state index in [1.54, 1.807) is 6.33 Å². The molecule has 4 heterocycles. The van der Waals surface area contributed by atoms with Crippen LogP contribution >= 0.6 is 0 Å². The Kier molecular flexibility index (Phi) is 5.98. The summed E-state index contributed by atoms with van der Waals surface area (Å²) in [6.45, 7) is 6.54.